The van der Waals surface area contributed by atoms with Gasteiger partial charge in [0.15, 0.2) is 9.84 Å². The minimum Gasteiger partial charge on any atom is -0.497 e. The lowest BCUT2D eigenvalue weighted by Crippen LogP contribution is -2.12. The molecule has 0 aliphatic carbocycles. The standard InChI is InChI=1S/C24H21N3O4S/c1-31-20-10-6-7-18(15-20)25-24(28)22-16-27(19-8-4-3-5-9-19)26-23(22)17-11-13-21(14-12-17)32(2,29)30/h3-16H,1-2H3,(H,25,28). The van der Waals surface area contributed by atoms with Crippen LogP contribution in [0.15, 0.2) is 90.0 Å². The van der Waals surface area contributed by atoms with Crippen molar-refractivity contribution in [2.75, 3.05) is 18.7 Å². The third-order valence-electron chi connectivity index (χ3n) is 4.86. The molecule has 0 spiro atoms. The van der Waals surface area contributed by atoms with Crippen LogP contribution in [-0.2, 0) is 9.84 Å². The zero-order chi connectivity index (χ0) is 22.7. The maximum absolute atomic E-state index is 13.2. The Balaban J connectivity index is 1.76. The van der Waals surface area contributed by atoms with E-state index in [1.54, 1.807) is 54.4 Å². The summed E-state index contributed by atoms with van der Waals surface area (Å²) < 4.78 is 30.5. The van der Waals surface area contributed by atoms with E-state index in [9.17, 15) is 13.2 Å². The van der Waals surface area contributed by atoms with Crippen molar-refractivity contribution in [3.8, 4) is 22.7 Å². The molecule has 4 aromatic rings. The molecule has 8 heteroatoms. The number of aromatic nitrogens is 2. The van der Waals surface area contributed by atoms with Crippen molar-refractivity contribution in [3.05, 3.63) is 90.6 Å². The highest BCUT2D eigenvalue weighted by atomic mass is 32.2. The highest BCUT2D eigenvalue weighted by Crippen LogP contribution is 2.26. The Morgan fingerprint density at radius 3 is 2.34 bits per heavy atom. The third kappa shape index (κ3) is 4.55. The lowest BCUT2D eigenvalue weighted by atomic mass is 10.1. The minimum atomic E-state index is -3.33. The second-order valence-corrected chi connectivity index (χ2v) is 9.17. The van der Waals surface area contributed by atoms with Crippen LogP contribution < -0.4 is 10.1 Å². The number of methoxy groups -OCH3 is 1. The van der Waals surface area contributed by atoms with Gasteiger partial charge in [-0.3, -0.25) is 4.79 Å². The van der Waals surface area contributed by atoms with Gasteiger partial charge in [0.25, 0.3) is 5.91 Å². The zero-order valence-corrected chi connectivity index (χ0v) is 18.3. The Hall–Kier alpha value is -3.91. The summed E-state index contributed by atoms with van der Waals surface area (Å²) in [6.07, 6.45) is 2.81. The molecule has 0 aliphatic heterocycles. The first-order chi connectivity index (χ1) is 15.3. The molecule has 7 nitrogen and oxygen atoms in total. The highest BCUT2D eigenvalue weighted by molar-refractivity contribution is 7.90. The van der Waals surface area contributed by atoms with Gasteiger partial charge >= 0.3 is 0 Å². The van der Waals surface area contributed by atoms with Gasteiger partial charge in [0.2, 0.25) is 0 Å². The number of carbonyl (C=O) groups is 1. The van der Waals surface area contributed by atoms with E-state index >= 15 is 0 Å². The number of hydrogen-bond donors (Lipinski definition) is 1. The molecular weight excluding hydrogens is 426 g/mol. The Labute approximate surface area is 186 Å². The molecule has 3 aromatic carbocycles. The fourth-order valence-corrected chi connectivity index (χ4v) is 3.86. The number of sulfone groups is 1. The fourth-order valence-electron chi connectivity index (χ4n) is 3.23. The number of nitrogens with one attached hydrogen (secondary N) is 1. The molecule has 0 unspecified atom stereocenters. The van der Waals surface area contributed by atoms with Crippen LogP contribution in [0.5, 0.6) is 5.75 Å². The second-order valence-electron chi connectivity index (χ2n) is 7.15. The van der Waals surface area contributed by atoms with Crippen LogP contribution in [0.2, 0.25) is 0 Å². The molecule has 0 saturated heterocycles. The monoisotopic (exact) mass is 447 g/mol. The highest BCUT2D eigenvalue weighted by Gasteiger charge is 2.20. The summed E-state index contributed by atoms with van der Waals surface area (Å²) >= 11 is 0. The molecule has 0 saturated carbocycles. The number of amides is 1. The molecular formula is C24H21N3O4S. The Morgan fingerprint density at radius 1 is 0.969 bits per heavy atom. The minimum absolute atomic E-state index is 0.200. The molecule has 0 bridgehead atoms. The lowest BCUT2D eigenvalue weighted by Gasteiger charge is -2.07. The normalized spacial score (nSPS) is 11.2. The maximum atomic E-state index is 13.2. The van der Waals surface area contributed by atoms with Crippen LogP contribution in [0.4, 0.5) is 5.69 Å². The molecule has 0 aliphatic rings. The first kappa shape index (κ1) is 21.3. The van der Waals surface area contributed by atoms with Crippen molar-refractivity contribution in [2.24, 2.45) is 0 Å². The quantitative estimate of drug-likeness (QED) is 0.478. The van der Waals surface area contributed by atoms with Crippen LogP contribution in [0, 0.1) is 0 Å². The molecule has 1 heterocycles. The number of nitrogens with zero attached hydrogens (tertiary/aromatic N) is 2. The summed E-state index contributed by atoms with van der Waals surface area (Å²) in [6, 6.07) is 22.8. The third-order valence-corrected chi connectivity index (χ3v) is 5.99. The predicted octanol–water partition coefficient (Wildman–Crippen LogP) is 4.20. The van der Waals surface area contributed by atoms with Crippen molar-refractivity contribution < 1.29 is 17.9 Å². The van der Waals surface area contributed by atoms with E-state index in [2.05, 4.69) is 10.4 Å². The van der Waals surface area contributed by atoms with Gasteiger partial charge < -0.3 is 10.1 Å². The van der Waals surface area contributed by atoms with Crippen LogP contribution in [0.25, 0.3) is 16.9 Å². The number of carbonyl (C=O) groups excluding carboxylic acids is 1. The summed E-state index contributed by atoms with van der Waals surface area (Å²) in [5.74, 6) is 0.280. The summed E-state index contributed by atoms with van der Waals surface area (Å²) in [5.41, 5.74) is 2.79. The Morgan fingerprint density at radius 2 is 1.69 bits per heavy atom. The molecule has 0 atom stereocenters. The molecule has 0 fully saturated rings. The summed E-state index contributed by atoms with van der Waals surface area (Å²) in [4.78, 5) is 13.4. The van der Waals surface area contributed by atoms with E-state index < -0.39 is 9.84 Å². The molecule has 162 valence electrons. The van der Waals surface area contributed by atoms with E-state index in [0.29, 0.717) is 28.3 Å². The molecule has 1 N–H and O–H groups in total. The number of anilines is 1. The lowest BCUT2D eigenvalue weighted by molar-refractivity contribution is 0.102. The SMILES string of the molecule is COc1cccc(NC(=O)c2cn(-c3ccccc3)nc2-c2ccc(S(C)(=O)=O)cc2)c1. The smallest absolute Gasteiger partial charge is 0.259 e. The molecule has 0 radical (unpaired) electrons. The first-order valence-corrected chi connectivity index (χ1v) is 11.7. The van der Waals surface area contributed by atoms with E-state index in [4.69, 9.17) is 4.74 Å². The van der Waals surface area contributed by atoms with Crippen molar-refractivity contribution in [1.82, 2.24) is 9.78 Å². The number of rotatable bonds is 6. The van der Waals surface area contributed by atoms with Gasteiger partial charge in [-0.25, -0.2) is 13.1 Å². The second kappa shape index (κ2) is 8.68. The van der Waals surface area contributed by atoms with Crippen LogP contribution in [0.1, 0.15) is 10.4 Å². The number of ether oxygens (including phenoxy) is 1. The summed E-state index contributed by atoms with van der Waals surface area (Å²) in [7, 11) is -1.77. The topological polar surface area (TPSA) is 90.3 Å². The van der Waals surface area contributed by atoms with Crippen molar-refractivity contribution in [3.63, 3.8) is 0 Å². The number of hydrogen-bond acceptors (Lipinski definition) is 5. The fraction of sp³-hybridized carbons (Fsp3) is 0.0833. The van der Waals surface area contributed by atoms with Gasteiger partial charge in [-0.1, -0.05) is 36.4 Å². The van der Waals surface area contributed by atoms with Crippen molar-refractivity contribution >= 4 is 21.4 Å². The number of benzene rings is 3. The average Bonchev–Trinajstić information content (AvgIpc) is 3.25. The summed E-state index contributed by atoms with van der Waals surface area (Å²) in [5, 5.41) is 7.50. The van der Waals surface area contributed by atoms with Gasteiger partial charge in [0.05, 0.1) is 23.3 Å². The van der Waals surface area contributed by atoms with E-state index in [1.807, 2.05) is 30.3 Å². The average molecular weight is 448 g/mol. The Bertz CT molecular complexity index is 1360. The van der Waals surface area contributed by atoms with Gasteiger partial charge in [0.1, 0.15) is 11.4 Å². The van der Waals surface area contributed by atoms with E-state index in [0.717, 1.165) is 11.9 Å². The molecule has 32 heavy (non-hydrogen) atoms. The van der Waals surface area contributed by atoms with Crippen molar-refractivity contribution in [1.29, 1.82) is 0 Å². The largest absolute Gasteiger partial charge is 0.497 e. The predicted molar refractivity (Wildman–Crippen MR) is 123 cm³/mol. The maximum Gasteiger partial charge on any atom is 0.259 e. The van der Waals surface area contributed by atoms with Gasteiger partial charge in [-0.05, 0) is 36.4 Å². The van der Waals surface area contributed by atoms with E-state index in [-0.39, 0.29) is 10.8 Å². The van der Waals surface area contributed by atoms with Gasteiger partial charge in [-0.2, -0.15) is 5.10 Å². The van der Waals surface area contributed by atoms with Gasteiger partial charge in [0, 0.05) is 29.8 Å². The summed E-state index contributed by atoms with van der Waals surface area (Å²) in [6.45, 7) is 0. The van der Waals surface area contributed by atoms with Crippen LogP contribution >= 0.6 is 0 Å². The van der Waals surface area contributed by atoms with Crippen molar-refractivity contribution in [2.45, 2.75) is 4.90 Å². The van der Waals surface area contributed by atoms with Crippen LogP contribution in [-0.4, -0.2) is 37.5 Å². The molecule has 4 rings (SSSR count). The molecule has 1 aromatic heterocycles. The van der Waals surface area contributed by atoms with E-state index in [1.165, 1.54) is 12.1 Å². The molecule has 1 amide bonds. The van der Waals surface area contributed by atoms with Crippen LogP contribution in [0.3, 0.4) is 0 Å². The number of para-hydroxylation sites is 1. The van der Waals surface area contributed by atoms with Gasteiger partial charge in [-0.15, -0.1) is 0 Å². The Kier molecular flexibility index (Phi) is 5.79. The zero-order valence-electron chi connectivity index (χ0n) is 17.5. The first-order valence-electron chi connectivity index (χ1n) is 9.76.